The van der Waals surface area contributed by atoms with Crippen LogP contribution in [-0.2, 0) is 11.3 Å². The molecule has 1 aliphatic rings. The van der Waals surface area contributed by atoms with Crippen LogP contribution in [0.25, 0.3) is 10.4 Å². The first-order chi connectivity index (χ1) is 15.1. The van der Waals surface area contributed by atoms with E-state index in [1.165, 1.54) is 0 Å². The summed E-state index contributed by atoms with van der Waals surface area (Å²) in [4.78, 5) is 32.8. The molecule has 7 heteroatoms. The van der Waals surface area contributed by atoms with Gasteiger partial charge in [-0.2, -0.15) is 5.26 Å². The number of nitrogens with zero attached hydrogens (tertiary/aromatic N) is 3. The average molecular weight is 431 g/mol. The van der Waals surface area contributed by atoms with Gasteiger partial charge < -0.3 is 10.2 Å². The van der Waals surface area contributed by atoms with Crippen molar-refractivity contribution in [3.63, 3.8) is 0 Å². The van der Waals surface area contributed by atoms with Gasteiger partial charge in [0.05, 0.1) is 27.7 Å². The Morgan fingerprint density at radius 3 is 2.77 bits per heavy atom. The number of hydrogen-bond donors (Lipinski definition) is 1. The van der Waals surface area contributed by atoms with E-state index < -0.39 is 6.04 Å². The van der Waals surface area contributed by atoms with Crippen LogP contribution in [0.5, 0.6) is 0 Å². The van der Waals surface area contributed by atoms with Crippen LogP contribution in [0.1, 0.15) is 40.0 Å². The summed E-state index contributed by atoms with van der Waals surface area (Å²) < 4.78 is 0. The number of benzene rings is 2. The zero-order chi connectivity index (χ0) is 21.8. The number of rotatable bonds is 5. The Bertz CT molecular complexity index is 1150. The van der Waals surface area contributed by atoms with Crippen LogP contribution in [0.3, 0.4) is 0 Å². The molecule has 1 fully saturated rings. The van der Waals surface area contributed by atoms with Crippen LogP contribution < -0.4 is 5.32 Å². The maximum Gasteiger partial charge on any atom is 0.254 e. The molecule has 2 heterocycles. The van der Waals surface area contributed by atoms with Crippen molar-refractivity contribution in [3.8, 4) is 16.5 Å². The third kappa shape index (κ3) is 4.49. The smallest absolute Gasteiger partial charge is 0.254 e. The molecule has 0 bridgehead atoms. The molecule has 0 spiro atoms. The Balaban J connectivity index is 1.39. The fourth-order valence-corrected chi connectivity index (χ4v) is 4.64. The third-order valence-electron chi connectivity index (χ3n) is 5.48. The molecule has 3 aromatic rings. The number of amides is 2. The van der Waals surface area contributed by atoms with Gasteiger partial charge in [-0.3, -0.25) is 9.59 Å². The van der Waals surface area contributed by atoms with Crippen molar-refractivity contribution < 1.29 is 9.59 Å². The van der Waals surface area contributed by atoms with Gasteiger partial charge in [0.2, 0.25) is 5.91 Å². The molecule has 0 saturated carbocycles. The van der Waals surface area contributed by atoms with Gasteiger partial charge in [-0.1, -0.05) is 30.3 Å². The lowest BCUT2D eigenvalue weighted by Gasteiger charge is -2.24. The Labute approximate surface area is 185 Å². The summed E-state index contributed by atoms with van der Waals surface area (Å²) in [5.41, 5.74) is 5.83. The molecule has 4 rings (SSSR count). The van der Waals surface area contributed by atoms with E-state index in [4.69, 9.17) is 5.26 Å². The van der Waals surface area contributed by atoms with Crippen LogP contribution in [0.4, 0.5) is 0 Å². The molecular weight excluding hydrogens is 408 g/mol. The molecule has 156 valence electrons. The van der Waals surface area contributed by atoms with Gasteiger partial charge in [-0.15, -0.1) is 11.3 Å². The predicted octanol–water partition coefficient (Wildman–Crippen LogP) is 3.91. The zero-order valence-corrected chi connectivity index (χ0v) is 18.0. The normalized spacial score (nSPS) is 15.5. The van der Waals surface area contributed by atoms with E-state index in [1.54, 1.807) is 40.5 Å². The summed E-state index contributed by atoms with van der Waals surface area (Å²) in [5, 5.41) is 12.0. The number of aryl methyl sites for hydroxylation is 1. The van der Waals surface area contributed by atoms with Crippen molar-refractivity contribution in [2.75, 3.05) is 6.54 Å². The molecule has 2 amide bonds. The molecule has 0 radical (unpaired) electrons. The Hall–Kier alpha value is -3.50. The van der Waals surface area contributed by atoms with Crippen molar-refractivity contribution >= 4 is 23.2 Å². The number of thiazole rings is 1. The number of nitriles is 1. The molecule has 31 heavy (non-hydrogen) atoms. The second-order valence-electron chi connectivity index (χ2n) is 7.53. The van der Waals surface area contributed by atoms with Gasteiger partial charge in [-0.05, 0) is 49.1 Å². The summed E-state index contributed by atoms with van der Waals surface area (Å²) in [6.07, 6.45) is 1.42. The van der Waals surface area contributed by atoms with Crippen molar-refractivity contribution in [3.05, 3.63) is 76.4 Å². The van der Waals surface area contributed by atoms with Crippen molar-refractivity contribution in [2.24, 2.45) is 0 Å². The van der Waals surface area contributed by atoms with Gasteiger partial charge in [0.15, 0.2) is 0 Å². The molecular formula is C24H22N4O2S. The molecule has 1 aromatic heterocycles. The molecule has 2 aromatic carbocycles. The van der Waals surface area contributed by atoms with E-state index in [9.17, 15) is 9.59 Å². The molecule has 1 unspecified atom stereocenters. The van der Waals surface area contributed by atoms with Gasteiger partial charge >= 0.3 is 0 Å². The first kappa shape index (κ1) is 20.8. The summed E-state index contributed by atoms with van der Waals surface area (Å²) in [7, 11) is 0. The number of nitrogens with one attached hydrogen (secondary N) is 1. The Kier molecular flexibility index (Phi) is 6.10. The largest absolute Gasteiger partial charge is 0.350 e. The average Bonchev–Trinajstić information content (AvgIpc) is 3.46. The second kappa shape index (κ2) is 9.11. The third-order valence-corrected chi connectivity index (χ3v) is 6.46. The fourth-order valence-electron chi connectivity index (χ4n) is 3.83. The first-order valence-corrected chi connectivity index (χ1v) is 11.0. The van der Waals surface area contributed by atoms with Crippen molar-refractivity contribution in [1.82, 2.24) is 15.2 Å². The molecule has 1 N–H and O–H groups in total. The van der Waals surface area contributed by atoms with Crippen LogP contribution in [0.2, 0.25) is 0 Å². The maximum atomic E-state index is 12.9. The minimum Gasteiger partial charge on any atom is -0.350 e. The van der Waals surface area contributed by atoms with E-state index in [2.05, 4.69) is 10.3 Å². The number of hydrogen-bond acceptors (Lipinski definition) is 5. The second-order valence-corrected chi connectivity index (χ2v) is 8.39. The van der Waals surface area contributed by atoms with E-state index in [-0.39, 0.29) is 11.8 Å². The number of carbonyl (C=O) groups excluding carboxylic acids is 2. The molecule has 6 nitrogen and oxygen atoms in total. The zero-order valence-electron chi connectivity index (χ0n) is 17.2. The molecule has 0 aliphatic carbocycles. The van der Waals surface area contributed by atoms with E-state index >= 15 is 0 Å². The van der Waals surface area contributed by atoms with Gasteiger partial charge in [0.1, 0.15) is 6.04 Å². The first-order valence-electron chi connectivity index (χ1n) is 10.1. The maximum absolute atomic E-state index is 12.9. The van der Waals surface area contributed by atoms with E-state index in [0.717, 1.165) is 28.1 Å². The lowest BCUT2D eigenvalue weighted by Crippen LogP contribution is -2.45. The number of likely N-dealkylation sites (tertiary alicyclic amines) is 1. The highest BCUT2D eigenvalue weighted by Crippen LogP contribution is 2.27. The highest BCUT2D eigenvalue weighted by atomic mass is 32.1. The van der Waals surface area contributed by atoms with Crippen LogP contribution in [0, 0.1) is 18.3 Å². The highest BCUT2D eigenvalue weighted by Gasteiger charge is 2.34. The van der Waals surface area contributed by atoms with Crippen molar-refractivity contribution in [2.45, 2.75) is 32.4 Å². The lowest BCUT2D eigenvalue weighted by molar-refractivity contribution is -0.125. The highest BCUT2D eigenvalue weighted by molar-refractivity contribution is 7.13. The van der Waals surface area contributed by atoms with E-state index in [0.29, 0.717) is 30.6 Å². The Morgan fingerprint density at radius 2 is 2.06 bits per heavy atom. The minimum atomic E-state index is -0.489. The number of aromatic nitrogens is 1. The summed E-state index contributed by atoms with van der Waals surface area (Å²) in [6.45, 7) is 2.94. The standard InChI is InChI=1S/C24H22N4O2S/c1-16-22(31-15-27-16)19-9-7-17(8-10-19)14-26-23(29)21-6-3-11-28(21)24(30)20-5-2-4-18(12-20)13-25/h2,4-5,7-10,12,15,21H,3,6,11,14H2,1H3,(H,26,29). The topological polar surface area (TPSA) is 86.1 Å². The predicted molar refractivity (Wildman–Crippen MR) is 119 cm³/mol. The lowest BCUT2D eigenvalue weighted by atomic mass is 10.1. The van der Waals surface area contributed by atoms with Crippen LogP contribution >= 0.6 is 11.3 Å². The SMILES string of the molecule is Cc1ncsc1-c1ccc(CNC(=O)C2CCCN2C(=O)c2cccc(C#N)c2)cc1. The molecule has 1 saturated heterocycles. The minimum absolute atomic E-state index is 0.148. The monoisotopic (exact) mass is 430 g/mol. The number of carbonyl (C=O) groups is 2. The van der Waals surface area contributed by atoms with Gasteiger partial charge in [0, 0.05) is 18.7 Å². The Morgan fingerprint density at radius 1 is 1.26 bits per heavy atom. The molecule has 1 atom stereocenters. The van der Waals surface area contributed by atoms with E-state index in [1.807, 2.05) is 42.8 Å². The van der Waals surface area contributed by atoms with Crippen molar-refractivity contribution in [1.29, 1.82) is 5.26 Å². The summed E-state index contributed by atoms with van der Waals surface area (Å²) in [5.74, 6) is -0.358. The molecule has 1 aliphatic heterocycles. The summed E-state index contributed by atoms with van der Waals surface area (Å²) in [6, 6.07) is 16.2. The van der Waals surface area contributed by atoms with Gasteiger partial charge in [0.25, 0.3) is 5.91 Å². The fraction of sp³-hybridized carbons (Fsp3) is 0.250. The summed E-state index contributed by atoms with van der Waals surface area (Å²) >= 11 is 1.61. The van der Waals surface area contributed by atoms with Crippen LogP contribution in [0.15, 0.2) is 54.0 Å². The van der Waals surface area contributed by atoms with Crippen LogP contribution in [-0.4, -0.2) is 34.3 Å². The van der Waals surface area contributed by atoms with Gasteiger partial charge in [-0.25, -0.2) is 4.98 Å². The quantitative estimate of drug-likeness (QED) is 0.665.